The van der Waals surface area contributed by atoms with Gasteiger partial charge in [-0.2, -0.15) is 0 Å². The zero-order chi connectivity index (χ0) is 13.6. The zero-order valence-corrected chi connectivity index (χ0v) is 12.6. The van der Waals surface area contributed by atoms with E-state index in [2.05, 4.69) is 0 Å². The summed E-state index contributed by atoms with van der Waals surface area (Å²) in [7, 11) is 0. The Bertz CT molecular complexity index is 316. The lowest BCUT2D eigenvalue weighted by Crippen LogP contribution is -2.56. The number of nitrogens with two attached hydrogens (primary N) is 1. The topological polar surface area (TPSA) is 44.5 Å². The Balaban J connectivity index is 1.36. The Kier molecular flexibility index (Phi) is 3.56. The number of rotatable bonds is 4. The lowest BCUT2D eigenvalue weighted by Gasteiger charge is -2.59. The Morgan fingerprint density at radius 1 is 1.00 bits per heavy atom. The van der Waals surface area contributed by atoms with E-state index in [-0.39, 0.29) is 6.04 Å². The fourth-order valence-electron chi connectivity index (χ4n) is 5.89. The summed E-state index contributed by atoms with van der Waals surface area (Å²) in [4.78, 5) is 0. The summed E-state index contributed by atoms with van der Waals surface area (Å²) in [5.74, 6) is 2.95. The molecule has 1 aliphatic heterocycles. The summed E-state index contributed by atoms with van der Waals surface area (Å²) in [6, 6.07) is 0.263. The Hall–Kier alpha value is -0.120. The molecule has 1 heterocycles. The molecule has 0 spiro atoms. The minimum absolute atomic E-state index is 0.263. The highest BCUT2D eigenvalue weighted by atomic mass is 16.5. The largest absolute Gasteiger partial charge is 0.381 e. The third-order valence-corrected chi connectivity index (χ3v) is 6.55. The predicted octanol–water partition coefficient (Wildman–Crippen LogP) is 2.73. The summed E-state index contributed by atoms with van der Waals surface area (Å²) in [6.45, 7) is 2.49. The molecular formula is C17H29NO2. The molecule has 5 aliphatic rings. The van der Waals surface area contributed by atoms with Crippen LogP contribution >= 0.6 is 0 Å². The molecule has 0 aromatic rings. The van der Waals surface area contributed by atoms with Gasteiger partial charge in [-0.25, -0.2) is 0 Å². The monoisotopic (exact) mass is 279 g/mol. The molecule has 20 heavy (non-hydrogen) atoms. The first-order valence-corrected chi connectivity index (χ1v) is 8.68. The fraction of sp³-hybridized carbons (Fsp3) is 1.00. The van der Waals surface area contributed by atoms with Crippen molar-refractivity contribution in [1.82, 2.24) is 0 Å². The van der Waals surface area contributed by atoms with E-state index in [1.54, 1.807) is 0 Å². The summed E-state index contributed by atoms with van der Waals surface area (Å²) in [5.41, 5.74) is 7.06. The molecule has 4 saturated carbocycles. The highest BCUT2D eigenvalue weighted by Crippen LogP contribution is 2.61. The highest BCUT2D eigenvalue weighted by Gasteiger charge is 2.53. The number of ether oxygens (including phenoxy) is 2. The first-order chi connectivity index (χ1) is 9.73. The van der Waals surface area contributed by atoms with E-state index in [0.717, 1.165) is 50.4 Å². The van der Waals surface area contributed by atoms with Gasteiger partial charge in [-0.05, 0) is 74.5 Å². The molecule has 0 aromatic carbocycles. The molecule has 0 radical (unpaired) electrons. The van der Waals surface area contributed by atoms with Crippen LogP contribution in [0.5, 0.6) is 0 Å². The Labute approximate surface area is 122 Å². The molecule has 1 saturated heterocycles. The molecule has 5 fully saturated rings. The molecule has 1 atom stereocenters. The third-order valence-electron chi connectivity index (χ3n) is 6.55. The molecule has 4 bridgehead atoms. The predicted molar refractivity (Wildman–Crippen MR) is 78.4 cm³/mol. The first kappa shape index (κ1) is 13.5. The molecule has 114 valence electrons. The third kappa shape index (κ3) is 2.42. The van der Waals surface area contributed by atoms with Crippen LogP contribution in [0.25, 0.3) is 0 Å². The van der Waals surface area contributed by atoms with Crippen molar-refractivity contribution in [3.05, 3.63) is 0 Å². The van der Waals surface area contributed by atoms with Gasteiger partial charge in [0.05, 0.1) is 12.7 Å². The zero-order valence-electron chi connectivity index (χ0n) is 12.6. The molecule has 1 unspecified atom stereocenters. The van der Waals surface area contributed by atoms with Crippen LogP contribution in [-0.4, -0.2) is 32.0 Å². The minimum atomic E-state index is 0.263. The van der Waals surface area contributed by atoms with E-state index in [9.17, 15) is 0 Å². The van der Waals surface area contributed by atoms with Crippen molar-refractivity contribution >= 4 is 0 Å². The maximum Gasteiger partial charge on any atom is 0.0626 e. The lowest BCUT2D eigenvalue weighted by molar-refractivity contribution is -0.0968. The van der Waals surface area contributed by atoms with Crippen molar-refractivity contribution in [1.29, 1.82) is 0 Å². The van der Waals surface area contributed by atoms with Gasteiger partial charge in [0.2, 0.25) is 0 Å². The maximum atomic E-state index is 6.63. The van der Waals surface area contributed by atoms with Crippen LogP contribution in [0.2, 0.25) is 0 Å². The van der Waals surface area contributed by atoms with Crippen LogP contribution in [0.4, 0.5) is 0 Å². The standard InChI is InChI=1S/C17H29NO2/c18-16(11-20-15-1-3-19-4-2-15)17-8-12-5-13(9-17)7-14(6-12)10-17/h12-16H,1-11,18H2. The molecular weight excluding hydrogens is 250 g/mol. The van der Waals surface area contributed by atoms with Crippen LogP contribution in [0.15, 0.2) is 0 Å². The van der Waals surface area contributed by atoms with E-state index in [0.29, 0.717) is 11.5 Å². The van der Waals surface area contributed by atoms with Crippen molar-refractivity contribution in [3.63, 3.8) is 0 Å². The van der Waals surface area contributed by atoms with E-state index >= 15 is 0 Å². The average molecular weight is 279 g/mol. The smallest absolute Gasteiger partial charge is 0.0626 e. The number of hydrogen-bond donors (Lipinski definition) is 1. The van der Waals surface area contributed by atoms with Crippen LogP contribution in [0.3, 0.4) is 0 Å². The summed E-state index contributed by atoms with van der Waals surface area (Å²) >= 11 is 0. The van der Waals surface area contributed by atoms with Crippen molar-refractivity contribution in [2.75, 3.05) is 19.8 Å². The van der Waals surface area contributed by atoms with Crippen LogP contribution < -0.4 is 5.73 Å². The molecule has 5 rings (SSSR count). The molecule has 0 amide bonds. The molecule has 3 nitrogen and oxygen atoms in total. The van der Waals surface area contributed by atoms with Gasteiger partial charge in [-0.3, -0.25) is 0 Å². The van der Waals surface area contributed by atoms with Gasteiger partial charge in [0.25, 0.3) is 0 Å². The average Bonchev–Trinajstić information content (AvgIpc) is 2.44. The van der Waals surface area contributed by atoms with E-state index in [1.165, 1.54) is 38.5 Å². The normalized spacial score (nSPS) is 45.8. The second kappa shape index (κ2) is 5.26. The van der Waals surface area contributed by atoms with Gasteiger partial charge < -0.3 is 15.2 Å². The molecule has 3 heteroatoms. The van der Waals surface area contributed by atoms with Crippen LogP contribution in [0, 0.1) is 23.2 Å². The van der Waals surface area contributed by atoms with Gasteiger partial charge in [0.1, 0.15) is 0 Å². The van der Waals surface area contributed by atoms with Crippen molar-refractivity contribution in [2.45, 2.75) is 63.5 Å². The summed E-state index contributed by atoms with van der Waals surface area (Å²) < 4.78 is 11.5. The van der Waals surface area contributed by atoms with Gasteiger partial charge in [0.15, 0.2) is 0 Å². The van der Waals surface area contributed by atoms with Gasteiger partial charge in [-0.1, -0.05) is 0 Å². The van der Waals surface area contributed by atoms with Crippen LogP contribution in [-0.2, 0) is 9.47 Å². The van der Waals surface area contributed by atoms with Crippen molar-refractivity contribution in [2.24, 2.45) is 28.9 Å². The molecule has 4 aliphatic carbocycles. The molecule has 0 aromatic heterocycles. The minimum Gasteiger partial charge on any atom is -0.381 e. The highest BCUT2D eigenvalue weighted by molar-refractivity contribution is 5.05. The van der Waals surface area contributed by atoms with E-state index < -0.39 is 0 Å². The van der Waals surface area contributed by atoms with Gasteiger partial charge in [0, 0.05) is 19.3 Å². The second-order valence-electron chi connectivity index (χ2n) is 8.03. The second-order valence-corrected chi connectivity index (χ2v) is 8.03. The number of hydrogen-bond acceptors (Lipinski definition) is 3. The Morgan fingerprint density at radius 3 is 2.10 bits per heavy atom. The summed E-state index contributed by atoms with van der Waals surface area (Å²) in [6.07, 6.45) is 11.1. The Morgan fingerprint density at radius 2 is 1.55 bits per heavy atom. The maximum absolute atomic E-state index is 6.63. The van der Waals surface area contributed by atoms with Gasteiger partial charge in [-0.15, -0.1) is 0 Å². The van der Waals surface area contributed by atoms with Gasteiger partial charge >= 0.3 is 0 Å². The lowest BCUT2D eigenvalue weighted by atomic mass is 9.48. The van der Waals surface area contributed by atoms with Crippen molar-refractivity contribution < 1.29 is 9.47 Å². The van der Waals surface area contributed by atoms with E-state index in [1.807, 2.05) is 0 Å². The summed E-state index contributed by atoms with van der Waals surface area (Å²) in [5, 5.41) is 0. The molecule has 2 N–H and O–H groups in total. The first-order valence-electron chi connectivity index (χ1n) is 8.68. The quantitative estimate of drug-likeness (QED) is 0.860. The van der Waals surface area contributed by atoms with Crippen LogP contribution in [0.1, 0.15) is 51.4 Å². The van der Waals surface area contributed by atoms with E-state index in [4.69, 9.17) is 15.2 Å². The fourth-order valence-corrected chi connectivity index (χ4v) is 5.89. The SMILES string of the molecule is NC(COC1CCOCC1)C12CC3CC(CC(C3)C1)C2. The van der Waals surface area contributed by atoms with Crippen molar-refractivity contribution in [3.8, 4) is 0 Å².